The fourth-order valence-corrected chi connectivity index (χ4v) is 5.99. The van der Waals surface area contributed by atoms with Crippen molar-refractivity contribution in [2.45, 2.75) is 193 Å². The van der Waals surface area contributed by atoms with Gasteiger partial charge in [0.05, 0.1) is 12.7 Å². The normalized spacial score (nSPS) is 13.5. The Balaban J connectivity index is 4.12. The van der Waals surface area contributed by atoms with Gasteiger partial charge in [-0.25, -0.2) is 4.57 Å². The number of carbonyl (C=O) groups excluding carboxylic acids is 2. The summed E-state index contributed by atoms with van der Waals surface area (Å²) in [5.74, 6) is -0.272. The Morgan fingerprint density at radius 1 is 0.647 bits per heavy atom. The monoisotopic (exact) mass is 743 g/mol. The molecule has 298 valence electrons. The molecule has 0 heterocycles. The number of phosphoric ester groups is 1. The first kappa shape index (κ1) is 49.2. The first-order chi connectivity index (χ1) is 24.5. The topological polar surface area (TPSA) is 140 Å². The maximum Gasteiger partial charge on any atom is 0.469 e. The molecule has 9 nitrogen and oxygen atoms in total. The molecule has 0 bridgehead atoms. The lowest BCUT2D eigenvalue weighted by atomic mass is 10.0. The summed E-state index contributed by atoms with van der Waals surface area (Å²) in [5.41, 5.74) is 0. The Morgan fingerprint density at radius 2 is 1.22 bits per heavy atom. The molecule has 1 unspecified atom stereocenters. The molecule has 0 fully saturated rings. The molecule has 0 aliphatic rings. The van der Waals surface area contributed by atoms with E-state index in [4.69, 9.17) is 19.3 Å². The van der Waals surface area contributed by atoms with Gasteiger partial charge in [0, 0.05) is 12.8 Å². The Kier molecular flexibility index (Phi) is 34.0. The molecule has 0 aromatic rings. The third kappa shape index (κ3) is 39.3. The van der Waals surface area contributed by atoms with Gasteiger partial charge in [-0.1, -0.05) is 166 Å². The van der Waals surface area contributed by atoms with Crippen LogP contribution in [0.25, 0.3) is 0 Å². The second-order valence-corrected chi connectivity index (χ2v) is 15.5. The molecule has 0 saturated heterocycles. The summed E-state index contributed by atoms with van der Waals surface area (Å²) in [7, 11) is -4.79. The number of unbranched alkanes of at least 4 members (excludes halogenated alkanes) is 17. The first-order valence-corrected chi connectivity index (χ1v) is 21.8. The highest BCUT2D eigenvalue weighted by Gasteiger charge is 2.23. The molecule has 10 heteroatoms. The van der Waals surface area contributed by atoms with Crippen LogP contribution in [0, 0.1) is 5.92 Å². The molecule has 0 radical (unpaired) electrons. The summed E-state index contributed by atoms with van der Waals surface area (Å²) in [6.45, 7) is 5.83. The fraction of sp³-hybridized carbons (Fsp3) is 0.805. The average molecular weight is 743 g/mol. The summed E-state index contributed by atoms with van der Waals surface area (Å²) >= 11 is 0. The van der Waals surface area contributed by atoms with E-state index in [-0.39, 0.29) is 19.4 Å². The van der Waals surface area contributed by atoms with Crippen LogP contribution in [0.5, 0.6) is 0 Å². The van der Waals surface area contributed by atoms with Crippen LogP contribution in [-0.4, -0.2) is 52.3 Å². The fourth-order valence-electron chi connectivity index (χ4n) is 5.63. The van der Waals surface area contributed by atoms with Crippen LogP contribution in [0.1, 0.15) is 181 Å². The number of allylic oxidation sites excluding steroid dienone is 5. The zero-order chi connectivity index (χ0) is 37.8. The third-order valence-electron chi connectivity index (χ3n) is 8.69. The predicted octanol–water partition coefficient (Wildman–Crippen LogP) is 11.0. The van der Waals surface area contributed by atoms with E-state index in [0.717, 1.165) is 38.0 Å². The summed E-state index contributed by atoms with van der Waals surface area (Å²) in [5, 5.41) is 10.2. The van der Waals surface area contributed by atoms with Crippen LogP contribution in [0.3, 0.4) is 0 Å². The molecule has 3 N–H and O–H groups in total. The molecule has 0 rings (SSSR count). The van der Waals surface area contributed by atoms with E-state index < -0.39 is 38.6 Å². The summed E-state index contributed by atoms with van der Waals surface area (Å²) in [6, 6.07) is 0. The highest BCUT2D eigenvalue weighted by Crippen LogP contribution is 2.36. The molecular formula is C41H75O9P. The van der Waals surface area contributed by atoms with Gasteiger partial charge in [-0.15, -0.1) is 0 Å². The summed E-state index contributed by atoms with van der Waals surface area (Å²) in [6.07, 6.45) is 36.2. The minimum Gasteiger partial charge on any atom is -0.462 e. The van der Waals surface area contributed by atoms with Crippen molar-refractivity contribution in [1.29, 1.82) is 0 Å². The lowest BCUT2D eigenvalue weighted by Gasteiger charge is -2.18. The van der Waals surface area contributed by atoms with Gasteiger partial charge in [0.15, 0.2) is 6.10 Å². The minimum atomic E-state index is -4.79. The molecule has 0 aliphatic heterocycles. The van der Waals surface area contributed by atoms with Gasteiger partial charge < -0.3 is 24.4 Å². The van der Waals surface area contributed by atoms with Crippen LogP contribution in [0.4, 0.5) is 0 Å². The summed E-state index contributed by atoms with van der Waals surface area (Å²) < 4.78 is 26.2. The van der Waals surface area contributed by atoms with Crippen molar-refractivity contribution < 1.29 is 43.0 Å². The van der Waals surface area contributed by atoms with E-state index >= 15 is 0 Å². The predicted molar refractivity (Wildman–Crippen MR) is 208 cm³/mol. The van der Waals surface area contributed by atoms with Crippen molar-refractivity contribution >= 4 is 19.8 Å². The molecule has 0 aliphatic carbocycles. The van der Waals surface area contributed by atoms with Crippen molar-refractivity contribution in [3.05, 3.63) is 36.5 Å². The van der Waals surface area contributed by atoms with E-state index in [1.54, 1.807) is 12.2 Å². The van der Waals surface area contributed by atoms with Crippen LogP contribution in [0.2, 0.25) is 0 Å². The summed E-state index contributed by atoms with van der Waals surface area (Å²) in [4.78, 5) is 42.8. The number of aliphatic hydroxyl groups excluding tert-OH is 1. The second kappa shape index (κ2) is 35.3. The Morgan fingerprint density at radius 3 is 1.82 bits per heavy atom. The smallest absolute Gasteiger partial charge is 0.462 e. The van der Waals surface area contributed by atoms with E-state index in [0.29, 0.717) is 19.3 Å². The van der Waals surface area contributed by atoms with Crippen molar-refractivity contribution in [3.8, 4) is 0 Å². The molecule has 0 saturated carbocycles. The number of aliphatic hydroxyl groups is 1. The number of phosphoric acid groups is 1. The minimum absolute atomic E-state index is 0.0442. The van der Waals surface area contributed by atoms with Crippen LogP contribution < -0.4 is 0 Å². The van der Waals surface area contributed by atoms with E-state index in [1.807, 2.05) is 12.2 Å². The number of ether oxygens (including phenoxy) is 2. The molecule has 0 spiro atoms. The van der Waals surface area contributed by atoms with Gasteiger partial charge in [-0.2, -0.15) is 0 Å². The van der Waals surface area contributed by atoms with E-state index in [1.165, 1.54) is 96.3 Å². The van der Waals surface area contributed by atoms with Crippen molar-refractivity contribution in [2.75, 3.05) is 13.2 Å². The van der Waals surface area contributed by atoms with Gasteiger partial charge in [-0.05, 0) is 44.4 Å². The van der Waals surface area contributed by atoms with Gasteiger partial charge in [-0.3, -0.25) is 14.1 Å². The lowest BCUT2D eigenvalue weighted by Crippen LogP contribution is -2.29. The molecule has 0 aromatic carbocycles. The lowest BCUT2D eigenvalue weighted by molar-refractivity contribution is -0.161. The number of esters is 2. The molecule has 0 aromatic heterocycles. The Labute approximate surface area is 311 Å². The molecular weight excluding hydrogens is 667 g/mol. The van der Waals surface area contributed by atoms with Crippen molar-refractivity contribution in [3.63, 3.8) is 0 Å². The Hall–Kier alpha value is -1.77. The number of rotatable bonds is 36. The van der Waals surface area contributed by atoms with Gasteiger partial charge in [0.2, 0.25) is 0 Å². The standard InChI is InChI=1S/C41H75O9P/c1-4-5-6-7-8-9-10-11-15-18-21-24-27-31-38(42)32-29-34-40(43)48-35-39(36-49-51(45,46)47)50-41(44)33-28-25-22-19-16-13-12-14-17-20-23-26-30-37(2)3/h11,15,21,24,27,31,37-39,42H,4-10,12-14,16-20,22-23,25-26,28-30,32-36H2,1-3H3,(H2,45,46,47)/b15-11+,24-21+,31-27+/t38?,39-/m1/s1. The second-order valence-electron chi connectivity index (χ2n) is 14.3. The van der Waals surface area contributed by atoms with Gasteiger partial charge >= 0.3 is 19.8 Å². The number of carbonyl (C=O) groups is 2. The maximum absolute atomic E-state index is 12.4. The largest absolute Gasteiger partial charge is 0.469 e. The number of hydrogen-bond acceptors (Lipinski definition) is 7. The van der Waals surface area contributed by atoms with Crippen molar-refractivity contribution in [2.24, 2.45) is 5.92 Å². The number of hydrogen-bond donors (Lipinski definition) is 3. The molecule has 0 amide bonds. The Bertz CT molecular complexity index is 957. The van der Waals surface area contributed by atoms with Crippen molar-refractivity contribution in [1.82, 2.24) is 0 Å². The van der Waals surface area contributed by atoms with Crippen LogP contribution in [-0.2, 0) is 28.2 Å². The van der Waals surface area contributed by atoms with Crippen LogP contribution in [0.15, 0.2) is 36.5 Å². The van der Waals surface area contributed by atoms with E-state index in [9.17, 15) is 19.3 Å². The van der Waals surface area contributed by atoms with E-state index in [2.05, 4.69) is 37.4 Å². The average Bonchev–Trinajstić information content (AvgIpc) is 3.07. The van der Waals surface area contributed by atoms with Gasteiger partial charge in [0.25, 0.3) is 0 Å². The SMILES string of the molecule is CCCCCCCC/C=C/C/C=C/C=C/C(O)CCCC(=O)OC[C@H](COP(=O)(O)O)OC(=O)CCCCCCCCCCCCCCC(C)C. The molecule has 51 heavy (non-hydrogen) atoms. The highest BCUT2D eigenvalue weighted by molar-refractivity contribution is 7.46. The quantitative estimate of drug-likeness (QED) is 0.0188. The first-order valence-electron chi connectivity index (χ1n) is 20.2. The van der Waals surface area contributed by atoms with Gasteiger partial charge in [0.1, 0.15) is 6.61 Å². The maximum atomic E-state index is 12.4. The van der Waals surface area contributed by atoms with Crippen LogP contribution >= 0.6 is 7.82 Å². The molecule has 2 atom stereocenters. The highest BCUT2D eigenvalue weighted by atomic mass is 31.2. The third-order valence-corrected chi connectivity index (χ3v) is 9.18. The zero-order valence-electron chi connectivity index (χ0n) is 32.5. The zero-order valence-corrected chi connectivity index (χ0v) is 33.4.